The summed E-state index contributed by atoms with van der Waals surface area (Å²) < 4.78 is 22.2. The van der Waals surface area contributed by atoms with E-state index in [4.69, 9.17) is 18.6 Å². The molecule has 0 saturated carbocycles. The lowest BCUT2D eigenvalue weighted by Crippen LogP contribution is -2.13. The molecule has 0 aliphatic rings. The topological polar surface area (TPSA) is 75.0 Å². The van der Waals surface area contributed by atoms with Crippen molar-refractivity contribution in [1.82, 2.24) is 0 Å². The Bertz CT molecular complexity index is 1010. The number of esters is 1. The molecule has 0 radical (unpaired) electrons. The first kappa shape index (κ1) is 23.3. The van der Waals surface area contributed by atoms with Crippen molar-refractivity contribution in [2.24, 2.45) is 0 Å². The summed E-state index contributed by atoms with van der Waals surface area (Å²) in [5.41, 5.74) is 1.90. The molecule has 1 heterocycles. The maximum absolute atomic E-state index is 12.6. The van der Waals surface area contributed by atoms with Gasteiger partial charge in [-0.15, -0.1) is 0 Å². The zero-order valence-corrected chi connectivity index (χ0v) is 18.5. The first-order valence-electron chi connectivity index (χ1n) is 10.1. The summed E-state index contributed by atoms with van der Waals surface area (Å²) in [7, 11) is 0. The summed E-state index contributed by atoms with van der Waals surface area (Å²) in [5, 5.41) is 0.433. The van der Waals surface area contributed by atoms with Crippen LogP contribution in [0.4, 0.5) is 0 Å². The van der Waals surface area contributed by atoms with Gasteiger partial charge >= 0.3 is 11.6 Å². The first-order valence-corrected chi connectivity index (χ1v) is 10.1. The van der Waals surface area contributed by atoms with Crippen LogP contribution < -0.4 is 19.8 Å². The molecule has 1 aromatic heterocycles. The first-order chi connectivity index (χ1) is 14.2. The van der Waals surface area contributed by atoms with E-state index in [1.54, 1.807) is 18.2 Å². The SMILES string of the molecule is CC(=O)Oc1c(OCC=C(C)CCC=C(C)C)c(=O)oc2c(OC(C)C)cccc12. The number of benzene rings is 1. The Kier molecular flexibility index (Phi) is 8.27. The number of allylic oxidation sites excluding steroid dienone is 3. The fourth-order valence-electron chi connectivity index (χ4n) is 2.83. The monoisotopic (exact) mass is 414 g/mol. The fourth-order valence-corrected chi connectivity index (χ4v) is 2.83. The van der Waals surface area contributed by atoms with Gasteiger partial charge in [0.15, 0.2) is 17.1 Å². The molecule has 0 fully saturated rings. The van der Waals surface area contributed by atoms with Crippen LogP contribution in [0.25, 0.3) is 11.0 Å². The van der Waals surface area contributed by atoms with Crippen LogP contribution in [0.3, 0.4) is 0 Å². The third-order valence-corrected chi connectivity index (χ3v) is 4.17. The molecule has 30 heavy (non-hydrogen) atoms. The van der Waals surface area contributed by atoms with E-state index in [1.165, 1.54) is 12.5 Å². The summed E-state index contributed by atoms with van der Waals surface area (Å²) in [6, 6.07) is 5.13. The number of carbonyl (C=O) groups excluding carboxylic acids is 1. The highest BCUT2D eigenvalue weighted by molar-refractivity contribution is 5.91. The molecule has 0 unspecified atom stereocenters. The smallest absolute Gasteiger partial charge is 0.383 e. The number of rotatable bonds is 9. The van der Waals surface area contributed by atoms with Crippen LogP contribution in [0.1, 0.15) is 54.4 Å². The summed E-state index contributed by atoms with van der Waals surface area (Å²) in [4.78, 5) is 24.3. The minimum absolute atomic E-state index is 0.0403. The van der Waals surface area contributed by atoms with Gasteiger partial charge in [0.25, 0.3) is 0 Å². The second-order valence-electron chi connectivity index (χ2n) is 7.62. The number of para-hydroxylation sites is 1. The third-order valence-electron chi connectivity index (χ3n) is 4.17. The molecule has 2 aromatic rings. The highest BCUT2D eigenvalue weighted by Crippen LogP contribution is 2.37. The van der Waals surface area contributed by atoms with E-state index in [-0.39, 0.29) is 29.8 Å². The second kappa shape index (κ2) is 10.7. The Labute approximate surface area is 177 Å². The van der Waals surface area contributed by atoms with E-state index >= 15 is 0 Å². The average molecular weight is 414 g/mol. The van der Waals surface area contributed by atoms with Crippen LogP contribution in [0.2, 0.25) is 0 Å². The second-order valence-corrected chi connectivity index (χ2v) is 7.62. The minimum atomic E-state index is -0.728. The van der Waals surface area contributed by atoms with Gasteiger partial charge in [-0.3, -0.25) is 4.79 Å². The van der Waals surface area contributed by atoms with Gasteiger partial charge in [0, 0.05) is 6.92 Å². The molecule has 0 spiro atoms. The fraction of sp³-hybridized carbons (Fsp3) is 0.417. The summed E-state index contributed by atoms with van der Waals surface area (Å²) in [6.45, 7) is 11.3. The van der Waals surface area contributed by atoms with Crippen LogP contribution >= 0.6 is 0 Å². The standard InChI is InChI=1S/C24H30O6/c1-15(2)9-7-10-17(5)13-14-27-23-22(29-18(6)25)19-11-8-12-20(28-16(3)4)21(19)30-24(23)26/h8-9,11-13,16H,7,10,14H2,1-6H3. The van der Waals surface area contributed by atoms with Gasteiger partial charge in [0.05, 0.1) is 11.5 Å². The van der Waals surface area contributed by atoms with E-state index in [0.717, 1.165) is 18.4 Å². The van der Waals surface area contributed by atoms with E-state index in [1.807, 2.05) is 26.8 Å². The molecule has 2 rings (SSSR count). The average Bonchev–Trinajstić information content (AvgIpc) is 2.63. The molecule has 0 aliphatic heterocycles. The molecule has 162 valence electrons. The van der Waals surface area contributed by atoms with E-state index in [9.17, 15) is 9.59 Å². The van der Waals surface area contributed by atoms with Gasteiger partial charge in [0.2, 0.25) is 5.75 Å². The van der Waals surface area contributed by atoms with Crippen molar-refractivity contribution < 1.29 is 23.4 Å². The molecule has 0 bridgehead atoms. The Morgan fingerprint density at radius 3 is 2.47 bits per heavy atom. The van der Waals surface area contributed by atoms with Crippen molar-refractivity contribution in [1.29, 1.82) is 0 Å². The van der Waals surface area contributed by atoms with Crippen LogP contribution in [0.5, 0.6) is 17.2 Å². The van der Waals surface area contributed by atoms with Crippen LogP contribution in [0.15, 0.2) is 50.7 Å². The molecule has 6 heteroatoms. The van der Waals surface area contributed by atoms with Gasteiger partial charge in [0.1, 0.15) is 6.61 Å². The summed E-state index contributed by atoms with van der Waals surface area (Å²) in [6.07, 6.45) is 5.80. The molecule has 0 saturated heterocycles. The number of fused-ring (bicyclic) bond motifs is 1. The number of ether oxygens (including phenoxy) is 3. The lowest BCUT2D eigenvalue weighted by atomic mass is 10.1. The molecule has 0 amide bonds. The van der Waals surface area contributed by atoms with Crippen molar-refractivity contribution in [3.05, 3.63) is 51.9 Å². The lowest BCUT2D eigenvalue weighted by molar-refractivity contribution is -0.131. The maximum atomic E-state index is 12.6. The highest BCUT2D eigenvalue weighted by Gasteiger charge is 2.21. The minimum Gasteiger partial charge on any atom is -0.487 e. The van der Waals surface area contributed by atoms with E-state index < -0.39 is 11.6 Å². The zero-order valence-electron chi connectivity index (χ0n) is 18.5. The van der Waals surface area contributed by atoms with Gasteiger partial charge in [-0.05, 0) is 65.7 Å². The number of hydrogen-bond acceptors (Lipinski definition) is 6. The number of hydrogen-bond donors (Lipinski definition) is 0. The van der Waals surface area contributed by atoms with Crippen molar-refractivity contribution in [2.75, 3.05) is 6.61 Å². The van der Waals surface area contributed by atoms with Crippen LogP contribution in [-0.4, -0.2) is 18.7 Å². The molecule has 6 nitrogen and oxygen atoms in total. The van der Waals surface area contributed by atoms with Gasteiger partial charge in [-0.1, -0.05) is 23.3 Å². The van der Waals surface area contributed by atoms with Crippen LogP contribution in [0, 0.1) is 0 Å². The molecular formula is C24H30O6. The normalized spacial score (nSPS) is 11.5. The third kappa shape index (κ3) is 6.51. The van der Waals surface area contributed by atoms with Crippen molar-refractivity contribution in [3.63, 3.8) is 0 Å². The Balaban J connectivity index is 2.37. The van der Waals surface area contributed by atoms with Gasteiger partial charge in [-0.2, -0.15) is 0 Å². The maximum Gasteiger partial charge on any atom is 0.383 e. The lowest BCUT2D eigenvalue weighted by Gasteiger charge is -2.14. The van der Waals surface area contributed by atoms with Crippen LogP contribution in [-0.2, 0) is 4.79 Å². The van der Waals surface area contributed by atoms with E-state index in [2.05, 4.69) is 19.9 Å². The Hall–Kier alpha value is -3.02. The number of carbonyl (C=O) groups is 1. The Morgan fingerprint density at radius 2 is 1.83 bits per heavy atom. The van der Waals surface area contributed by atoms with Gasteiger partial charge < -0.3 is 18.6 Å². The highest BCUT2D eigenvalue weighted by atomic mass is 16.6. The molecule has 0 N–H and O–H groups in total. The van der Waals surface area contributed by atoms with E-state index in [0.29, 0.717) is 11.1 Å². The summed E-state index contributed by atoms with van der Waals surface area (Å²) in [5.74, 6) is -0.253. The molecule has 1 aromatic carbocycles. The van der Waals surface area contributed by atoms with Crippen molar-refractivity contribution in [3.8, 4) is 17.2 Å². The molecule has 0 aliphatic carbocycles. The molecular weight excluding hydrogens is 384 g/mol. The van der Waals surface area contributed by atoms with Crippen molar-refractivity contribution in [2.45, 2.75) is 60.5 Å². The Morgan fingerprint density at radius 1 is 1.10 bits per heavy atom. The predicted octanol–water partition coefficient (Wildman–Crippen LogP) is 5.58. The molecule has 0 atom stereocenters. The van der Waals surface area contributed by atoms with Crippen molar-refractivity contribution >= 4 is 16.9 Å². The zero-order chi connectivity index (χ0) is 22.3. The van der Waals surface area contributed by atoms with Gasteiger partial charge in [-0.25, -0.2) is 4.79 Å². The largest absolute Gasteiger partial charge is 0.487 e. The quantitative estimate of drug-likeness (QED) is 0.303. The predicted molar refractivity (Wildman–Crippen MR) is 117 cm³/mol. The summed E-state index contributed by atoms with van der Waals surface area (Å²) >= 11 is 0.